The minimum Gasteiger partial charge on any atom is -0.304 e. The number of halogens is 3. The fraction of sp³-hybridized carbons (Fsp3) is 0.667. The molecule has 10 heteroatoms. The largest absolute Gasteiger partial charge is 0.495 e. The van der Waals surface area contributed by atoms with Gasteiger partial charge in [-0.25, -0.2) is 4.57 Å². The molecule has 1 rings (SSSR count). The van der Waals surface area contributed by atoms with Crippen LogP contribution < -0.4 is 0 Å². The molecule has 1 unspecified atom stereocenters. The third-order valence-electron chi connectivity index (χ3n) is 1.75. The molecule has 0 N–H and O–H groups in total. The molecule has 0 bridgehead atoms. The highest BCUT2D eigenvalue weighted by Crippen LogP contribution is 2.62. The molecule has 0 aliphatic carbocycles. The molecule has 1 aliphatic rings. The van der Waals surface area contributed by atoms with E-state index in [2.05, 4.69) is 9.15 Å². The predicted molar refractivity (Wildman–Crippen MR) is 42.8 cm³/mol. The predicted octanol–water partition coefficient (Wildman–Crippen LogP) is 1.43. The topological polar surface area (TPSA) is 72.9 Å². The van der Waals surface area contributed by atoms with Crippen LogP contribution in [0.25, 0.3) is 0 Å². The van der Waals surface area contributed by atoms with Gasteiger partial charge in [0.2, 0.25) is 0 Å². The van der Waals surface area contributed by atoms with Crippen molar-refractivity contribution >= 4 is 19.4 Å². The van der Waals surface area contributed by atoms with Gasteiger partial charge in [0, 0.05) is 20.0 Å². The van der Waals surface area contributed by atoms with Crippen LogP contribution in [-0.4, -0.2) is 29.9 Å². The lowest BCUT2D eigenvalue weighted by molar-refractivity contribution is -0.172. The number of hydroxylamine groups is 2. The van der Waals surface area contributed by atoms with Crippen LogP contribution in [0.4, 0.5) is 13.2 Å². The Labute approximate surface area is 87.8 Å². The molecule has 0 aromatic carbocycles. The lowest BCUT2D eigenvalue weighted by atomic mass is 10.4. The average Bonchev–Trinajstić information content (AvgIpc) is 2.47. The lowest BCUT2D eigenvalue weighted by Crippen LogP contribution is -2.31. The Balaban J connectivity index is 2.90. The number of rotatable bonds is 3. The van der Waals surface area contributed by atoms with Crippen LogP contribution in [0.3, 0.4) is 0 Å². The standard InChI is InChI=1S/C6H7F3NO5P/c1-14-16(13,6(7,8)9)15-10-4(11)2-3-5(10)12/h2-3H2,1H3. The first-order valence-corrected chi connectivity index (χ1v) is 5.53. The van der Waals surface area contributed by atoms with E-state index in [1.54, 1.807) is 0 Å². The molecule has 92 valence electrons. The van der Waals surface area contributed by atoms with Crippen molar-refractivity contribution in [1.29, 1.82) is 0 Å². The molecule has 2 amide bonds. The summed E-state index contributed by atoms with van der Waals surface area (Å²) >= 11 is 0. The summed E-state index contributed by atoms with van der Waals surface area (Å²) in [6.45, 7) is 0. The van der Waals surface area contributed by atoms with E-state index in [1.807, 2.05) is 0 Å². The maximum Gasteiger partial charge on any atom is 0.495 e. The molecule has 0 saturated carbocycles. The highest BCUT2D eigenvalue weighted by Gasteiger charge is 2.57. The van der Waals surface area contributed by atoms with Gasteiger partial charge in [0.15, 0.2) is 0 Å². The first-order chi connectivity index (χ1) is 7.21. The van der Waals surface area contributed by atoms with Crippen molar-refractivity contribution in [2.24, 2.45) is 0 Å². The summed E-state index contributed by atoms with van der Waals surface area (Å²) < 4.78 is 55.5. The van der Waals surface area contributed by atoms with Gasteiger partial charge in [-0.3, -0.25) is 9.59 Å². The molecular weight excluding hydrogens is 254 g/mol. The summed E-state index contributed by atoms with van der Waals surface area (Å²) in [6.07, 6.45) is -0.555. The van der Waals surface area contributed by atoms with Gasteiger partial charge in [-0.2, -0.15) is 17.8 Å². The van der Waals surface area contributed by atoms with Crippen LogP contribution >= 0.6 is 7.60 Å². The number of amides is 2. The van der Waals surface area contributed by atoms with E-state index in [-0.39, 0.29) is 17.9 Å². The molecule has 1 aliphatic heterocycles. The second kappa shape index (κ2) is 4.15. The maximum atomic E-state index is 12.2. The van der Waals surface area contributed by atoms with Gasteiger partial charge in [-0.1, -0.05) is 0 Å². The Morgan fingerprint density at radius 1 is 1.25 bits per heavy atom. The second-order valence-corrected chi connectivity index (χ2v) is 4.84. The van der Waals surface area contributed by atoms with E-state index < -0.39 is 25.3 Å². The van der Waals surface area contributed by atoms with E-state index in [9.17, 15) is 27.3 Å². The molecule has 0 aromatic rings. The molecule has 0 spiro atoms. The number of carbonyl (C=O) groups excluding carboxylic acids is 2. The monoisotopic (exact) mass is 261 g/mol. The van der Waals surface area contributed by atoms with Crippen LogP contribution in [0.1, 0.15) is 12.8 Å². The number of nitrogens with zero attached hydrogens (tertiary/aromatic N) is 1. The van der Waals surface area contributed by atoms with Gasteiger partial charge in [-0.05, 0) is 0 Å². The number of imide groups is 1. The van der Waals surface area contributed by atoms with Gasteiger partial charge in [0.1, 0.15) is 0 Å². The molecule has 0 aromatic heterocycles. The Morgan fingerprint density at radius 3 is 2.00 bits per heavy atom. The van der Waals surface area contributed by atoms with Crippen LogP contribution in [0.5, 0.6) is 0 Å². The highest BCUT2D eigenvalue weighted by molar-refractivity contribution is 7.54. The molecule has 16 heavy (non-hydrogen) atoms. The molecule has 6 nitrogen and oxygen atoms in total. The fourth-order valence-electron chi connectivity index (χ4n) is 0.938. The maximum absolute atomic E-state index is 12.2. The van der Waals surface area contributed by atoms with Crippen molar-refractivity contribution in [3.05, 3.63) is 0 Å². The van der Waals surface area contributed by atoms with Crippen molar-refractivity contribution < 1.29 is 36.5 Å². The second-order valence-electron chi connectivity index (χ2n) is 2.81. The summed E-state index contributed by atoms with van der Waals surface area (Å²) in [7, 11) is -5.01. The minimum absolute atomic E-state index is 0.155. The van der Waals surface area contributed by atoms with Gasteiger partial charge in [0.05, 0.1) is 0 Å². The molecular formula is C6H7F3NO5P. The van der Waals surface area contributed by atoms with Gasteiger partial charge >= 0.3 is 13.5 Å². The van der Waals surface area contributed by atoms with E-state index in [4.69, 9.17) is 0 Å². The van der Waals surface area contributed by atoms with Gasteiger partial charge in [0.25, 0.3) is 11.8 Å². The number of carbonyl (C=O) groups is 2. The van der Waals surface area contributed by atoms with Crippen LogP contribution in [0.2, 0.25) is 0 Å². The molecule has 1 atom stereocenters. The fourth-order valence-corrected chi connectivity index (χ4v) is 1.70. The highest BCUT2D eigenvalue weighted by atomic mass is 31.2. The minimum atomic E-state index is -5.52. The molecule has 1 heterocycles. The van der Waals surface area contributed by atoms with E-state index in [1.165, 1.54) is 0 Å². The van der Waals surface area contributed by atoms with Crippen LogP contribution in [-0.2, 0) is 23.3 Å². The first-order valence-electron chi connectivity index (χ1n) is 3.99. The Hall–Kier alpha value is -0.920. The van der Waals surface area contributed by atoms with Crippen LogP contribution in [0.15, 0.2) is 0 Å². The third-order valence-corrected chi connectivity index (χ3v) is 3.23. The summed E-state index contributed by atoms with van der Waals surface area (Å²) in [5.74, 6) is -7.26. The van der Waals surface area contributed by atoms with E-state index in [0.717, 1.165) is 0 Å². The van der Waals surface area contributed by atoms with E-state index in [0.29, 0.717) is 7.11 Å². The zero-order chi connectivity index (χ0) is 12.6. The summed E-state index contributed by atoms with van der Waals surface area (Å²) in [5.41, 5.74) is 0. The van der Waals surface area contributed by atoms with Crippen molar-refractivity contribution in [2.45, 2.75) is 18.8 Å². The van der Waals surface area contributed by atoms with Gasteiger partial charge in [-0.15, -0.1) is 5.06 Å². The molecule has 1 fully saturated rings. The SMILES string of the molecule is COP(=O)(ON1C(=O)CCC1=O)C(F)(F)F. The Kier molecular flexibility index (Phi) is 3.41. The lowest BCUT2D eigenvalue weighted by Gasteiger charge is -2.21. The Bertz CT molecular complexity index is 352. The van der Waals surface area contributed by atoms with Crippen molar-refractivity contribution in [2.75, 3.05) is 7.11 Å². The number of alkyl halides is 3. The smallest absolute Gasteiger partial charge is 0.304 e. The summed E-state index contributed by atoms with van der Waals surface area (Å²) in [4.78, 5) is 21.9. The van der Waals surface area contributed by atoms with Crippen molar-refractivity contribution in [1.82, 2.24) is 5.06 Å². The zero-order valence-electron chi connectivity index (χ0n) is 7.98. The number of hydrogen-bond acceptors (Lipinski definition) is 5. The molecule has 1 saturated heterocycles. The van der Waals surface area contributed by atoms with Gasteiger partial charge < -0.3 is 4.52 Å². The summed E-state index contributed by atoms with van der Waals surface area (Å²) in [6, 6.07) is 0. The average molecular weight is 261 g/mol. The van der Waals surface area contributed by atoms with Crippen molar-refractivity contribution in [3.63, 3.8) is 0 Å². The molecule has 0 radical (unpaired) electrons. The Morgan fingerprint density at radius 2 is 1.69 bits per heavy atom. The normalized spacial score (nSPS) is 21.4. The number of hydrogen-bond donors (Lipinski definition) is 0. The third kappa shape index (κ3) is 2.26. The quantitative estimate of drug-likeness (QED) is 0.567. The van der Waals surface area contributed by atoms with Crippen molar-refractivity contribution in [3.8, 4) is 0 Å². The first kappa shape index (κ1) is 13.1. The summed E-state index contributed by atoms with van der Waals surface area (Å²) in [5, 5.41) is -0.155. The zero-order valence-corrected chi connectivity index (χ0v) is 8.88. The van der Waals surface area contributed by atoms with E-state index >= 15 is 0 Å². The van der Waals surface area contributed by atoms with Crippen LogP contribution in [0, 0.1) is 0 Å².